The first-order chi connectivity index (χ1) is 10.4. The van der Waals surface area contributed by atoms with Crippen LogP contribution in [0.5, 0.6) is 0 Å². The van der Waals surface area contributed by atoms with Gasteiger partial charge in [0.25, 0.3) is 0 Å². The minimum atomic E-state index is -0.0815. The Morgan fingerprint density at radius 3 is 1.95 bits per heavy atom. The summed E-state index contributed by atoms with van der Waals surface area (Å²) in [5.74, 6) is 0. The lowest BCUT2D eigenvalue weighted by Gasteiger charge is -2.17. The van der Waals surface area contributed by atoms with Crippen molar-refractivity contribution in [3.05, 3.63) is 0 Å². The third-order valence-electron chi connectivity index (χ3n) is 5.31. The highest BCUT2D eigenvalue weighted by Crippen LogP contribution is 2.52. The summed E-state index contributed by atoms with van der Waals surface area (Å²) < 4.78 is 0. The standard InChI is InChI=1S/C20H40O2/c1-19(2,3)12-8-4-6-10-18(22)11-7-5-9-13-20(14-15-20)16-17-21/h18,21-22H,4-17H2,1-3H3. The third-order valence-corrected chi connectivity index (χ3v) is 5.31. The molecule has 2 heteroatoms. The average molecular weight is 313 g/mol. The van der Waals surface area contributed by atoms with Crippen LogP contribution in [0.3, 0.4) is 0 Å². The second-order valence-electron chi connectivity index (χ2n) is 8.89. The van der Waals surface area contributed by atoms with Gasteiger partial charge in [0.2, 0.25) is 0 Å². The van der Waals surface area contributed by atoms with Gasteiger partial charge >= 0.3 is 0 Å². The van der Waals surface area contributed by atoms with Crippen molar-refractivity contribution < 1.29 is 10.2 Å². The van der Waals surface area contributed by atoms with Gasteiger partial charge in [-0.25, -0.2) is 0 Å². The average Bonchev–Trinajstić information content (AvgIpc) is 3.17. The SMILES string of the molecule is CC(C)(C)CCCCCC(O)CCCCCC1(CCO)CC1. The van der Waals surface area contributed by atoms with Crippen LogP contribution in [0.4, 0.5) is 0 Å². The number of aliphatic hydroxyl groups excluding tert-OH is 2. The van der Waals surface area contributed by atoms with Gasteiger partial charge in [-0.2, -0.15) is 0 Å². The highest BCUT2D eigenvalue weighted by molar-refractivity contribution is 4.92. The highest BCUT2D eigenvalue weighted by Gasteiger charge is 2.40. The molecule has 1 unspecified atom stereocenters. The smallest absolute Gasteiger partial charge is 0.0540 e. The van der Waals surface area contributed by atoms with Gasteiger partial charge < -0.3 is 10.2 Å². The third kappa shape index (κ3) is 9.84. The summed E-state index contributed by atoms with van der Waals surface area (Å²) in [4.78, 5) is 0. The fourth-order valence-corrected chi connectivity index (χ4v) is 3.45. The Bertz CT molecular complexity index is 276. The topological polar surface area (TPSA) is 40.5 Å². The van der Waals surface area contributed by atoms with Crippen molar-refractivity contribution in [1.29, 1.82) is 0 Å². The fourth-order valence-electron chi connectivity index (χ4n) is 3.45. The van der Waals surface area contributed by atoms with Crippen LogP contribution in [0, 0.1) is 10.8 Å². The van der Waals surface area contributed by atoms with Gasteiger partial charge in [-0.05, 0) is 55.8 Å². The minimum absolute atomic E-state index is 0.0815. The van der Waals surface area contributed by atoms with E-state index in [1.165, 1.54) is 64.2 Å². The molecule has 1 fully saturated rings. The van der Waals surface area contributed by atoms with Crippen molar-refractivity contribution in [3.8, 4) is 0 Å². The first-order valence-corrected chi connectivity index (χ1v) is 9.66. The van der Waals surface area contributed by atoms with Crippen LogP contribution in [0.1, 0.15) is 104 Å². The molecular formula is C20H40O2. The molecule has 0 aliphatic heterocycles. The Kier molecular flexibility index (Phi) is 9.01. The van der Waals surface area contributed by atoms with E-state index in [-0.39, 0.29) is 6.10 Å². The molecule has 1 aliphatic carbocycles. The minimum Gasteiger partial charge on any atom is -0.396 e. The lowest BCUT2D eigenvalue weighted by molar-refractivity contribution is 0.146. The lowest BCUT2D eigenvalue weighted by atomic mass is 9.89. The van der Waals surface area contributed by atoms with E-state index in [0.717, 1.165) is 19.3 Å². The van der Waals surface area contributed by atoms with Gasteiger partial charge in [-0.1, -0.05) is 59.3 Å². The normalized spacial score (nSPS) is 18.4. The molecule has 1 saturated carbocycles. The molecule has 0 bridgehead atoms. The summed E-state index contributed by atoms with van der Waals surface area (Å²) in [6, 6.07) is 0. The lowest BCUT2D eigenvalue weighted by Crippen LogP contribution is -2.07. The molecule has 0 aromatic rings. The van der Waals surface area contributed by atoms with Crippen LogP contribution in [0.2, 0.25) is 0 Å². The van der Waals surface area contributed by atoms with E-state index in [4.69, 9.17) is 5.11 Å². The van der Waals surface area contributed by atoms with Crippen molar-refractivity contribution >= 4 is 0 Å². The Hall–Kier alpha value is -0.0800. The fraction of sp³-hybridized carbons (Fsp3) is 1.00. The summed E-state index contributed by atoms with van der Waals surface area (Å²) in [5, 5.41) is 19.1. The van der Waals surface area contributed by atoms with Crippen molar-refractivity contribution in [1.82, 2.24) is 0 Å². The van der Waals surface area contributed by atoms with Gasteiger partial charge in [0.05, 0.1) is 6.10 Å². The molecule has 22 heavy (non-hydrogen) atoms. The quantitative estimate of drug-likeness (QED) is 0.443. The summed E-state index contributed by atoms with van der Waals surface area (Å²) in [7, 11) is 0. The predicted octanol–water partition coefficient (Wildman–Crippen LogP) is 5.46. The van der Waals surface area contributed by atoms with E-state index >= 15 is 0 Å². The molecule has 0 spiro atoms. The predicted molar refractivity (Wildman–Crippen MR) is 95.0 cm³/mol. The number of hydrogen-bond acceptors (Lipinski definition) is 2. The molecule has 0 radical (unpaired) electrons. The van der Waals surface area contributed by atoms with Crippen LogP contribution >= 0.6 is 0 Å². The van der Waals surface area contributed by atoms with Crippen LogP contribution in [-0.4, -0.2) is 22.9 Å². The molecule has 0 heterocycles. The molecule has 2 nitrogen and oxygen atoms in total. The molecule has 1 aliphatic rings. The van der Waals surface area contributed by atoms with E-state index in [0.29, 0.717) is 17.4 Å². The molecule has 0 aromatic carbocycles. The second kappa shape index (κ2) is 9.93. The summed E-state index contributed by atoms with van der Waals surface area (Å²) in [6.45, 7) is 7.25. The molecule has 2 N–H and O–H groups in total. The van der Waals surface area contributed by atoms with E-state index in [1.807, 2.05) is 0 Å². The zero-order valence-electron chi connectivity index (χ0n) is 15.4. The molecule has 1 atom stereocenters. The van der Waals surface area contributed by atoms with Crippen molar-refractivity contribution in [2.24, 2.45) is 10.8 Å². The van der Waals surface area contributed by atoms with Gasteiger partial charge in [-0.3, -0.25) is 0 Å². The zero-order chi connectivity index (χ0) is 16.5. The maximum Gasteiger partial charge on any atom is 0.0540 e. The monoisotopic (exact) mass is 312 g/mol. The van der Waals surface area contributed by atoms with Crippen LogP contribution in [-0.2, 0) is 0 Å². The van der Waals surface area contributed by atoms with E-state index in [2.05, 4.69) is 20.8 Å². The van der Waals surface area contributed by atoms with E-state index in [1.54, 1.807) is 0 Å². The van der Waals surface area contributed by atoms with Gasteiger partial charge in [0, 0.05) is 6.61 Å². The first-order valence-electron chi connectivity index (χ1n) is 9.66. The Morgan fingerprint density at radius 2 is 1.45 bits per heavy atom. The summed E-state index contributed by atoms with van der Waals surface area (Å²) in [6.07, 6.45) is 15.5. The summed E-state index contributed by atoms with van der Waals surface area (Å²) >= 11 is 0. The van der Waals surface area contributed by atoms with Crippen molar-refractivity contribution in [2.75, 3.05) is 6.61 Å². The van der Waals surface area contributed by atoms with Crippen molar-refractivity contribution in [3.63, 3.8) is 0 Å². The second-order valence-corrected chi connectivity index (χ2v) is 8.89. The molecule has 0 saturated heterocycles. The van der Waals surface area contributed by atoms with Crippen LogP contribution < -0.4 is 0 Å². The van der Waals surface area contributed by atoms with E-state index < -0.39 is 0 Å². The molecular weight excluding hydrogens is 272 g/mol. The van der Waals surface area contributed by atoms with E-state index in [9.17, 15) is 5.11 Å². The maximum atomic E-state index is 10.0. The van der Waals surface area contributed by atoms with Gasteiger partial charge in [0.1, 0.15) is 0 Å². The number of hydrogen-bond donors (Lipinski definition) is 2. The highest BCUT2D eigenvalue weighted by atomic mass is 16.3. The van der Waals surface area contributed by atoms with Crippen LogP contribution in [0.25, 0.3) is 0 Å². The van der Waals surface area contributed by atoms with Crippen LogP contribution in [0.15, 0.2) is 0 Å². The Labute approximate surface area is 138 Å². The zero-order valence-corrected chi connectivity index (χ0v) is 15.4. The molecule has 0 aromatic heterocycles. The number of aliphatic hydroxyl groups is 2. The van der Waals surface area contributed by atoms with Gasteiger partial charge in [-0.15, -0.1) is 0 Å². The Morgan fingerprint density at radius 1 is 0.864 bits per heavy atom. The Balaban J connectivity index is 1.88. The molecule has 1 rings (SSSR count). The first kappa shape index (κ1) is 20.0. The number of rotatable bonds is 13. The maximum absolute atomic E-state index is 10.0. The number of unbranched alkanes of at least 4 members (excludes halogenated alkanes) is 4. The van der Waals surface area contributed by atoms with Gasteiger partial charge in [0.15, 0.2) is 0 Å². The van der Waals surface area contributed by atoms with Crippen molar-refractivity contribution in [2.45, 2.75) is 110 Å². The summed E-state index contributed by atoms with van der Waals surface area (Å²) in [5.41, 5.74) is 0.966. The largest absolute Gasteiger partial charge is 0.396 e. The molecule has 0 amide bonds. The molecule has 132 valence electrons.